The molecule has 0 bridgehead atoms. The van der Waals surface area contributed by atoms with E-state index in [4.69, 9.17) is 0 Å². The molecule has 2 unspecified atom stereocenters. The van der Waals surface area contributed by atoms with Gasteiger partial charge in [0.1, 0.15) is 0 Å². The summed E-state index contributed by atoms with van der Waals surface area (Å²) in [5.41, 5.74) is 0. The summed E-state index contributed by atoms with van der Waals surface area (Å²) in [6.07, 6.45) is 3.94. The lowest BCUT2D eigenvalue weighted by molar-refractivity contribution is -0.168. The number of hydrogen-bond acceptors (Lipinski definition) is 2. The third-order valence-corrected chi connectivity index (χ3v) is 3.10. The van der Waals surface area contributed by atoms with Gasteiger partial charge in [0.15, 0.2) is 0 Å². The molecule has 4 atom stereocenters. The van der Waals surface area contributed by atoms with Gasteiger partial charge in [-0.05, 0) is 24.7 Å². The first-order chi connectivity index (χ1) is 4.80. The first kappa shape index (κ1) is 6.62. The monoisotopic (exact) mass is 142 g/mol. The second-order valence-corrected chi connectivity index (χ2v) is 3.59. The van der Waals surface area contributed by atoms with E-state index in [0.29, 0.717) is 11.8 Å². The van der Waals surface area contributed by atoms with Crippen molar-refractivity contribution in [2.75, 3.05) is 0 Å². The summed E-state index contributed by atoms with van der Waals surface area (Å²) in [6.45, 7) is 0. The Balaban J connectivity index is 2.00. The number of aliphatic hydroxyl groups excluding tert-OH is 2. The topological polar surface area (TPSA) is 40.5 Å². The molecule has 0 radical (unpaired) electrons. The molecule has 2 N–H and O–H groups in total. The van der Waals surface area contributed by atoms with Gasteiger partial charge in [-0.15, -0.1) is 0 Å². The molecule has 2 rings (SSSR count). The van der Waals surface area contributed by atoms with Crippen LogP contribution in [0.2, 0.25) is 0 Å². The molecule has 2 nitrogen and oxygen atoms in total. The van der Waals surface area contributed by atoms with Crippen molar-refractivity contribution >= 4 is 0 Å². The van der Waals surface area contributed by atoms with Crippen LogP contribution in [-0.4, -0.2) is 22.4 Å². The van der Waals surface area contributed by atoms with Crippen LogP contribution in [-0.2, 0) is 0 Å². The standard InChI is InChI=1S/C8H14O2/c9-7-5-3-1-2-4-6(5)8(7)10/h5-10H,1-4H2/t5?,6?,7-,8+. The quantitative estimate of drug-likeness (QED) is 0.518. The Labute approximate surface area is 60.9 Å². The van der Waals surface area contributed by atoms with Crippen LogP contribution in [0.3, 0.4) is 0 Å². The maximum Gasteiger partial charge on any atom is 0.0833 e. The average Bonchev–Trinajstić information content (AvgIpc) is 2.03. The largest absolute Gasteiger partial charge is 0.390 e. The van der Waals surface area contributed by atoms with Crippen molar-refractivity contribution in [1.82, 2.24) is 0 Å². The Kier molecular flexibility index (Phi) is 1.46. The van der Waals surface area contributed by atoms with E-state index in [-0.39, 0.29) is 0 Å². The molecule has 0 aromatic rings. The molecule has 0 amide bonds. The molecule has 0 saturated heterocycles. The van der Waals surface area contributed by atoms with E-state index in [1.165, 1.54) is 12.8 Å². The van der Waals surface area contributed by atoms with Gasteiger partial charge < -0.3 is 10.2 Å². The van der Waals surface area contributed by atoms with Crippen LogP contribution in [0.15, 0.2) is 0 Å². The zero-order valence-electron chi connectivity index (χ0n) is 6.03. The molecule has 0 heterocycles. The highest BCUT2D eigenvalue weighted by Crippen LogP contribution is 2.44. The van der Waals surface area contributed by atoms with Crippen molar-refractivity contribution in [1.29, 1.82) is 0 Å². The van der Waals surface area contributed by atoms with Gasteiger partial charge in [-0.3, -0.25) is 0 Å². The van der Waals surface area contributed by atoms with Crippen LogP contribution in [0.1, 0.15) is 25.7 Å². The lowest BCUT2D eigenvalue weighted by Gasteiger charge is -2.49. The van der Waals surface area contributed by atoms with Crippen LogP contribution in [0.5, 0.6) is 0 Å². The minimum atomic E-state index is -0.398. The van der Waals surface area contributed by atoms with Crippen molar-refractivity contribution < 1.29 is 10.2 Å². The molecule has 2 fully saturated rings. The fraction of sp³-hybridized carbons (Fsp3) is 1.00. The molecular weight excluding hydrogens is 128 g/mol. The predicted molar refractivity (Wildman–Crippen MR) is 37.5 cm³/mol. The van der Waals surface area contributed by atoms with Crippen molar-refractivity contribution in [2.24, 2.45) is 11.8 Å². The maximum absolute atomic E-state index is 9.26. The third-order valence-electron chi connectivity index (χ3n) is 3.10. The maximum atomic E-state index is 9.26. The van der Waals surface area contributed by atoms with E-state index < -0.39 is 12.2 Å². The van der Waals surface area contributed by atoms with Crippen LogP contribution >= 0.6 is 0 Å². The van der Waals surface area contributed by atoms with Crippen LogP contribution < -0.4 is 0 Å². The lowest BCUT2D eigenvalue weighted by atomic mass is 9.61. The Morgan fingerprint density at radius 3 is 1.60 bits per heavy atom. The lowest BCUT2D eigenvalue weighted by Crippen LogP contribution is -2.56. The van der Waals surface area contributed by atoms with Gasteiger partial charge in [-0.1, -0.05) is 12.8 Å². The van der Waals surface area contributed by atoms with Gasteiger partial charge in [0.05, 0.1) is 12.2 Å². The Morgan fingerprint density at radius 2 is 1.20 bits per heavy atom. The molecule has 2 saturated carbocycles. The van der Waals surface area contributed by atoms with Crippen LogP contribution in [0, 0.1) is 11.8 Å². The summed E-state index contributed by atoms with van der Waals surface area (Å²) >= 11 is 0. The minimum absolute atomic E-state index is 0.398. The summed E-state index contributed by atoms with van der Waals surface area (Å²) in [7, 11) is 0. The normalized spacial score (nSPS) is 53.4. The van der Waals surface area contributed by atoms with Crippen molar-refractivity contribution in [3.63, 3.8) is 0 Å². The Hall–Kier alpha value is -0.0800. The van der Waals surface area contributed by atoms with Gasteiger partial charge in [0.2, 0.25) is 0 Å². The summed E-state index contributed by atoms with van der Waals surface area (Å²) < 4.78 is 0. The summed E-state index contributed by atoms with van der Waals surface area (Å²) in [5, 5.41) is 18.5. The van der Waals surface area contributed by atoms with Crippen molar-refractivity contribution in [3.05, 3.63) is 0 Å². The van der Waals surface area contributed by atoms with Gasteiger partial charge >= 0.3 is 0 Å². The molecule has 0 aliphatic heterocycles. The number of rotatable bonds is 0. The highest BCUT2D eigenvalue weighted by Gasteiger charge is 2.48. The molecule has 0 aromatic carbocycles. The summed E-state index contributed by atoms with van der Waals surface area (Å²) in [5.74, 6) is 0.868. The highest BCUT2D eigenvalue weighted by atomic mass is 16.3. The molecule has 2 aliphatic carbocycles. The van der Waals surface area contributed by atoms with Crippen molar-refractivity contribution in [2.45, 2.75) is 37.9 Å². The third kappa shape index (κ3) is 0.722. The number of fused-ring (bicyclic) bond motifs is 1. The first-order valence-electron chi connectivity index (χ1n) is 4.17. The molecule has 10 heavy (non-hydrogen) atoms. The SMILES string of the molecule is O[C@@H]1C2CCCCC2[C@@H]1O. The van der Waals surface area contributed by atoms with Gasteiger partial charge in [0.25, 0.3) is 0 Å². The Bertz CT molecular complexity index is 119. The summed E-state index contributed by atoms with van der Waals surface area (Å²) in [6, 6.07) is 0. The average molecular weight is 142 g/mol. The highest BCUT2D eigenvalue weighted by molar-refractivity contribution is 4.98. The fourth-order valence-corrected chi connectivity index (χ4v) is 2.40. The van der Waals surface area contributed by atoms with E-state index in [1.807, 2.05) is 0 Å². The zero-order valence-corrected chi connectivity index (χ0v) is 6.03. The van der Waals surface area contributed by atoms with Gasteiger partial charge in [-0.2, -0.15) is 0 Å². The predicted octanol–water partition coefficient (Wildman–Crippen LogP) is 0.528. The van der Waals surface area contributed by atoms with E-state index in [2.05, 4.69) is 0 Å². The number of hydrogen-bond donors (Lipinski definition) is 2. The minimum Gasteiger partial charge on any atom is -0.390 e. The van der Waals surface area contributed by atoms with Gasteiger partial charge in [0, 0.05) is 0 Å². The summed E-state index contributed by atoms with van der Waals surface area (Å²) in [4.78, 5) is 0. The first-order valence-corrected chi connectivity index (χ1v) is 4.17. The van der Waals surface area contributed by atoms with Crippen LogP contribution in [0.25, 0.3) is 0 Å². The zero-order chi connectivity index (χ0) is 7.14. The van der Waals surface area contributed by atoms with E-state index in [0.717, 1.165) is 12.8 Å². The molecule has 2 aliphatic rings. The molecule has 58 valence electrons. The second kappa shape index (κ2) is 2.21. The molecule has 2 heteroatoms. The molecular formula is C8H14O2. The fourth-order valence-electron chi connectivity index (χ4n) is 2.40. The number of aliphatic hydroxyl groups is 2. The Morgan fingerprint density at radius 1 is 0.800 bits per heavy atom. The second-order valence-electron chi connectivity index (χ2n) is 3.59. The van der Waals surface area contributed by atoms with Crippen molar-refractivity contribution in [3.8, 4) is 0 Å². The molecule has 0 spiro atoms. The smallest absolute Gasteiger partial charge is 0.0833 e. The van der Waals surface area contributed by atoms with E-state index in [9.17, 15) is 10.2 Å². The molecule has 0 aromatic heterocycles. The van der Waals surface area contributed by atoms with Crippen LogP contribution in [0.4, 0.5) is 0 Å². The van der Waals surface area contributed by atoms with E-state index in [1.54, 1.807) is 0 Å². The van der Waals surface area contributed by atoms with Gasteiger partial charge in [-0.25, -0.2) is 0 Å². The van der Waals surface area contributed by atoms with E-state index >= 15 is 0 Å².